The van der Waals surface area contributed by atoms with E-state index in [2.05, 4.69) is 34.5 Å². The van der Waals surface area contributed by atoms with Crippen molar-refractivity contribution in [1.29, 1.82) is 0 Å². The van der Waals surface area contributed by atoms with Crippen molar-refractivity contribution >= 4 is 5.91 Å². The first-order valence-corrected chi connectivity index (χ1v) is 10.1. The summed E-state index contributed by atoms with van der Waals surface area (Å²) in [6, 6.07) is 8.60. The molecule has 0 radical (unpaired) electrons. The second-order valence-corrected chi connectivity index (χ2v) is 7.79. The third-order valence-corrected chi connectivity index (χ3v) is 5.87. The Balaban J connectivity index is 1.55. The Kier molecular flexibility index (Phi) is 7.06. The first kappa shape index (κ1) is 19.3. The fraction of sp³-hybridized carbons (Fsp3) is 0.667. The molecule has 5 nitrogen and oxygen atoms in total. The van der Waals surface area contributed by atoms with Gasteiger partial charge in [0.1, 0.15) is 0 Å². The average Bonchev–Trinajstić information content (AvgIpc) is 2.95. The lowest BCUT2D eigenvalue weighted by atomic mass is 9.79. The lowest BCUT2D eigenvalue weighted by molar-refractivity contribution is -0.136. The van der Waals surface area contributed by atoms with Crippen molar-refractivity contribution < 1.29 is 9.53 Å². The Labute approximate surface area is 157 Å². The first-order chi connectivity index (χ1) is 12.7. The van der Waals surface area contributed by atoms with Crippen molar-refractivity contribution in [3.05, 3.63) is 35.4 Å². The molecule has 5 heteroatoms. The van der Waals surface area contributed by atoms with E-state index in [1.807, 2.05) is 0 Å². The molecule has 0 aromatic heterocycles. The van der Waals surface area contributed by atoms with E-state index in [1.54, 1.807) is 0 Å². The van der Waals surface area contributed by atoms with Crippen LogP contribution < -0.4 is 11.1 Å². The van der Waals surface area contributed by atoms with Crippen LogP contribution in [-0.4, -0.2) is 43.7 Å². The normalized spacial score (nSPS) is 21.1. The van der Waals surface area contributed by atoms with Crippen LogP contribution in [0.4, 0.5) is 0 Å². The zero-order valence-corrected chi connectivity index (χ0v) is 15.8. The lowest BCUT2D eigenvalue weighted by Crippen LogP contribution is -2.48. The van der Waals surface area contributed by atoms with Crippen LogP contribution in [-0.2, 0) is 22.6 Å². The van der Waals surface area contributed by atoms with E-state index in [9.17, 15) is 4.79 Å². The molecule has 2 aliphatic heterocycles. The molecule has 3 N–H and O–H groups in total. The highest BCUT2D eigenvalue weighted by Crippen LogP contribution is 2.29. The highest BCUT2D eigenvalue weighted by molar-refractivity contribution is 5.83. The lowest BCUT2D eigenvalue weighted by Gasteiger charge is -2.34. The molecule has 1 aromatic carbocycles. The number of nitrogens with one attached hydrogen (secondary N) is 1. The van der Waals surface area contributed by atoms with Crippen LogP contribution in [0.25, 0.3) is 0 Å². The fourth-order valence-corrected chi connectivity index (χ4v) is 4.05. The maximum atomic E-state index is 12.7. The van der Waals surface area contributed by atoms with E-state index in [0.29, 0.717) is 39.1 Å². The molecule has 3 rings (SSSR count). The van der Waals surface area contributed by atoms with Gasteiger partial charge in [0.2, 0.25) is 5.91 Å². The van der Waals surface area contributed by atoms with E-state index in [4.69, 9.17) is 10.5 Å². The van der Waals surface area contributed by atoms with E-state index in [1.165, 1.54) is 44.3 Å². The van der Waals surface area contributed by atoms with E-state index >= 15 is 0 Å². The fourth-order valence-electron chi connectivity index (χ4n) is 4.05. The minimum Gasteiger partial charge on any atom is -0.381 e. The molecule has 0 atom stereocenters. The SMILES string of the molecule is NCC1(C(=O)NCc2cccc(CN3CCCCCC3)c2)CCOCC1. The Morgan fingerprint density at radius 2 is 1.81 bits per heavy atom. The molecule has 2 fully saturated rings. The van der Waals surface area contributed by atoms with Crippen LogP contribution in [0.15, 0.2) is 24.3 Å². The largest absolute Gasteiger partial charge is 0.381 e. The Bertz CT molecular complexity index is 576. The number of likely N-dealkylation sites (tertiary alicyclic amines) is 1. The molecule has 0 bridgehead atoms. The number of ether oxygens (including phenoxy) is 1. The Morgan fingerprint density at radius 1 is 1.12 bits per heavy atom. The number of nitrogens with zero attached hydrogens (tertiary/aromatic N) is 1. The second-order valence-electron chi connectivity index (χ2n) is 7.79. The smallest absolute Gasteiger partial charge is 0.227 e. The molecule has 2 aliphatic rings. The third kappa shape index (κ3) is 5.06. The van der Waals surface area contributed by atoms with Crippen LogP contribution in [0.2, 0.25) is 0 Å². The molecular weight excluding hydrogens is 326 g/mol. The van der Waals surface area contributed by atoms with Crippen molar-refractivity contribution in [1.82, 2.24) is 10.2 Å². The number of rotatable bonds is 6. The molecule has 0 unspecified atom stereocenters. The van der Waals surface area contributed by atoms with Crippen molar-refractivity contribution in [2.75, 3.05) is 32.8 Å². The van der Waals surface area contributed by atoms with Gasteiger partial charge < -0.3 is 15.8 Å². The minimum atomic E-state index is -0.456. The predicted octanol–water partition coefficient (Wildman–Crippen LogP) is 2.43. The van der Waals surface area contributed by atoms with Crippen molar-refractivity contribution in [2.45, 2.75) is 51.6 Å². The third-order valence-electron chi connectivity index (χ3n) is 5.87. The molecule has 0 aliphatic carbocycles. The number of nitrogens with two attached hydrogens (primary N) is 1. The van der Waals surface area contributed by atoms with Crippen LogP contribution >= 0.6 is 0 Å². The quantitative estimate of drug-likeness (QED) is 0.819. The molecule has 1 amide bonds. The second kappa shape index (κ2) is 9.49. The van der Waals surface area contributed by atoms with Crippen LogP contribution in [0, 0.1) is 5.41 Å². The van der Waals surface area contributed by atoms with Crippen LogP contribution in [0.3, 0.4) is 0 Å². The molecule has 0 saturated carbocycles. The summed E-state index contributed by atoms with van der Waals surface area (Å²) in [6.45, 7) is 5.59. The number of hydrogen-bond donors (Lipinski definition) is 2. The van der Waals surface area contributed by atoms with Gasteiger partial charge in [-0.3, -0.25) is 9.69 Å². The van der Waals surface area contributed by atoms with E-state index in [-0.39, 0.29) is 5.91 Å². The van der Waals surface area contributed by atoms with E-state index < -0.39 is 5.41 Å². The van der Waals surface area contributed by atoms with E-state index in [0.717, 1.165) is 12.1 Å². The van der Waals surface area contributed by atoms with Gasteiger partial charge in [-0.05, 0) is 49.9 Å². The number of amides is 1. The molecule has 2 heterocycles. The summed E-state index contributed by atoms with van der Waals surface area (Å²) >= 11 is 0. The molecular formula is C21H33N3O2. The van der Waals surface area contributed by atoms with Crippen molar-refractivity contribution in [3.8, 4) is 0 Å². The van der Waals surface area contributed by atoms with Gasteiger partial charge in [-0.25, -0.2) is 0 Å². The highest BCUT2D eigenvalue weighted by atomic mass is 16.5. The number of hydrogen-bond acceptors (Lipinski definition) is 4. The number of benzene rings is 1. The van der Waals surface area contributed by atoms with Crippen LogP contribution in [0.1, 0.15) is 49.7 Å². The maximum Gasteiger partial charge on any atom is 0.227 e. The topological polar surface area (TPSA) is 67.6 Å². The van der Waals surface area contributed by atoms with Gasteiger partial charge in [0, 0.05) is 32.8 Å². The summed E-state index contributed by atoms with van der Waals surface area (Å²) in [5.74, 6) is 0.0706. The minimum absolute atomic E-state index is 0.0706. The number of carbonyl (C=O) groups is 1. The molecule has 0 spiro atoms. The highest BCUT2D eigenvalue weighted by Gasteiger charge is 2.38. The maximum absolute atomic E-state index is 12.7. The Morgan fingerprint density at radius 3 is 2.50 bits per heavy atom. The summed E-state index contributed by atoms with van der Waals surface area (Å²) in [6.07, 6.45) is 6.75. The van der Waals surface area contributed by atoms with Gasteiger partial charge in [0.05, 0.1) is 5.41 Å². The molecule has 144 valence electrons. The first-order valence-electron chi connectivity index (χ1n) is 10.1. The van der Waals surface area contributed by atoms with Crippen molar-refractivity contribution in [3.63, 3.8) is 0 Å². The van der Waals surface area contributed by atoms with Gasteiger partial charge in [-0.1, -0.05) is 37.1 Å². The van der Waals surface area contributed by atoms with Gasteiger partial charge in [-0.2, -0.15) is 0 Å². The molecule has 2 saturated heterocycles. The monoisotopic (exact) mass is 359 g/mol. The molecule has 26 heavy (non-hydrogen) atoms. The zero-order valence-electron chi connectivity index (χ0n) is 15.8. The van der Waals surface area contributed by atoms with Crippen molar-refractivity contribution in [2.24, 2.45) is 11.1 Å². The van der Waals surface area contributed by atoms with Crippen LogP contribution in [0.5, 0.6) is 0 Å². The Hall–Kier alpha value is -1.43. The summed E-state index contributed by atoms with van der Waals surface area (Å²) in [4.78, 5) is 15.3. The summed E-state index contributed by atoms with van der Waals surface area (Å²) in [7, 11) is 0. The van der Waals surface area contributed by atoms with Gasteiger partial charge in [0.25, 0.3) is 0 Å². The predicted molar refractivity (Wildman–Crippen MR) is 104 cm³/mol. The van der Waals surface area contributed by atoms with Gasteiger partial charge >= 0.3 is 0 Å². The number of carbonyl (C=O) groups excluding carboxylic acids is 1. The zero-order chi connectivity index (χ0) is 18.2. The summed E-state index contributed by atoms with van der Waals surface area (Å²) in [5.41, 5.74) is 7.96. The molecule has 1 aromatic rings. The standard InChI is InChI=1S/C21H33N3O2/c22-17-21(8-12-26-13-9-21)20(25)23-15-18-6-5-7-19(14-18)16-24-10-3-1-2-4-11-24/h5-7,14H,1-4,8-13,15-17,22H2,(H,23,25). The summed E-state index contributed by atoms with van der Waals surface area (Å²) < 4.78 is 5.40. The van der Waals surface area contributed by atoms with Gasteiger partial charge in [-0.15, -0.1) is 0 Å². The summed E-state index contributed by atoms with van der Waals surface area (Å²) in [5, 5.41) is 3.11. The van der Waals surface area contributed by atoms with Gasteiger partial charge in [0.15, 0.2) is 0 Å². The average molecular weight is 360 g/mol.